The number of benzene rings is 2. The summed E-state index contributed by atoms with van der Waals surface area (Å²) in [6, 6.07) is 14.9. The minimum atomic E-state index is 1.01. The molecule has 4 aromatic rings. The molecule has 1 aliphatic rings. The Morgan fingerprint density at radius 1 is 0.962 bits per heavy atom. The summed E-state index contributed by atoms with van der Waals surface area (Å²) in [4.78, 5) is 8.40. The van der Waals surface area contributed by atoms with Gasteiger partial charge < -0.3 is 9.88 Å². The third-order valence-electron chi connectivity index (χ3n) is 5.35. The van der Waals surface area contributed by atoms with Crippen molar-refractivity contribution in [3.8, 4) is 0 Å². The van der Waals surface area contributed by atoms with Crippen LogP contribution in [0, 0.1) is 0 Å². The summed E-state index contributed by atoms with van der Waals surface area (Å²) in [6.07, 6.45) is 3.26. The molecule has 0 bridgehead atoms. The number of hydrogen-bond acceptors (Lipinski definition) is 5. The second-order valence-electron chi connectivity index (χ2n) is 6.85. The molecule has 0 radical (unpaired) electrons. The van der Waals surface area contributed by atoms with E-state index >= 15 is 0 Å². The number of para-hydroxylation sites is 1. The van der Waals surface area contributed by atoms with E-state index in [-0.39, 0.29) is 0 Å². The molecule has 0 spiro atoms. The average molecular weight is 363 g/mol. The van der Waals surface area contributed by atoms with Crippen LogP contribution >= 0.6 is 11.7 Å². The van der Waals surface area contributed by atoms with Gasteiger partial charge in [-0.15, -0.1) is 0 Å². The topological polar surface area (TPSA) is 48.0 Å². The zero-order chi connectivity index (χ0) is 17.3. The van der Waals surface area contributed by atoms with Crippen molar-refractivity contribution in [2.24, 2.45) is 0 Å². The van der Waals surface area contributed by atoms with Crippen molar-refractivity contribution in [1.29, 1.82) is 0 Å². The molecule has 1 saturated heterocycles. The highest BCUT2D eigenvalue weighted by Gasteiger charge is 2.19. The molecule has 132 valence electrons. The number of hydrogen-bond donors (Lipinski definition) is 1. The van der Waals surface area contributed by atoms with E-state index < -0.39 is 0 Å². The molecule has 0 atom stereocenters. The fourth-order valence-corrected chi connectivity index (χ4v) is 4.42. The van der Waals surface area contributed by atoms with Gasteiger partial charge in [-0.2, -0.15) is 8.75 Å². The molecule has 6 heteroatoms. The van der Waals surface area contributed by atoms with Crippen molar-refractivity contribution in [2.45, 2.75) is 6.42 Å². The van der Waals surface area contributed by atoms with Gasteiger partial charge in [0.25, 0.3) is 0 Å². The number of H-pyrrole nitrogens is 1. The Bertz CT molecular complexity index is 1030. The van der Waals surface area contributed by atoms with Gasteiger partial charge in [-0.3, -0.25) is 4.90 Å². The maximum Gasteiger partial charge on any atom is 0.128 e. The zero-order valence-corrected chi connectivity index (χ0v) is 15.4. The van der Waals surface area contributed by atoms with Crippen molar-refractivity contribution in [1.82, 2.24) is 18.6 Å². The van der Waals surface area contributed by atoms with Gasteiger partial charge >= 0.3 is 0 Å². The Labute approximate surface area is 156 Å². The van der Waals surface area contributed by atoms with E-state index in [1.807, 2.05) is 6.07 Å². The molecule has 2 aromatic heterocycles. The lowest BCUT2D eigenvalue weighted by Gasteiger charge is -2.36. The number of nitrogens with one attached hydrogen (secondary N) is 1. The van der Waals surface area contributed by atoms with Crippen LogP contribution in [-0.4, -0.2) is 51.4 Å². The van der Waals surface area contributed by atoms with E-state index in [4.69, 9.17) is 0 Å². The smallest absolute Gasteiger partial charge is 0.128 e. The Balaban J connectivity index is 1.23. The summed E-state index contributed by atoms with van der Waals surface area (Å²) in [5.41, 5.74) is 5.94. The maximum absolute atomic E-state index is 4.48. The summed E-state index contributed by atoms with van der Waals surface area (Å²) < 4.78 is 8.85. The lowest BCUT2D eigenvalue weighted by molar-refractivity contribution is 0.261. The second kappa shape index (κ2) is 6.70. The summed E-state index contributed by atoms with van der Waals surface area (Å²) >= 11 is 1.30. The highest BCUT2D eigenvalue weighted by atomic mass is 32.1. The molecular weight excluding hydrogens is 342 g/mol. The number of anilines is 1. The number of rotatable bonds is 4. The monoisotopic (exact) mass is 363 g/mol. The average Bonchev–Trinajstić information content (AvgIpc) is 3.33. The van der Waals surface area contributed by atoms with Crippen molar-refractivity contribution in [2.75, 3.05) is 37.6 Å². The SMILES string of the molecule is c1cc(N2CCN(CCc3c[nH]c4ccccc34)CC2)c2nsnc2c1. The molecule has 5 nitrogen and oxygen atoms in total. The molecule has 3 heterocycles. The number of aromatic nitrogens is 3. The summed E-state index contributed by atoms with van der Waals surface area (Å²) in [6.45, 7) is 5.39. The van der Waals surface area contributed by atoms with Gasteiger partial charge in [-0.1, -0.05) is 24.3 Å². The lowest BCUT2D eigenvalue weighted by Crippen LogP contribution is -2.47. The predicted octanol–water partition coefficient (Wildman–Crippen LogP) is 3.54. The number of nitrogens with zero attached hydrogens (tertiary/aromatic N) is 4. The van der Waals surface area contributed by atoms with Crippen molar-refractivity contribution >= 4 is 39.4 Å². The standard InChI is InChI=1S/C20H21N5S/c1-2-5-17-16(4-1)15(14-21-17)8-9-24-10-12-25(13-11-24)19-7-3-6-18-20(19)23-26-22-18/h1-7,14,21H,8-13H2. The van der Waals surface area contributed by atoms with Gasteiger partial charge in [0.1, 0.15) is 11.0 Å². The van der Waals surface area contributed by atoms with Crippen LogP contribution in [0.25, 0.3) is 21.9 Å². The Morgan fingerprint density at radius 2 is 1.85 bits per heavy atom. The van der Waals surface area contributed by atoms with Crippen LogP contribution in [0.1, 0.15) is 5.56 Å². The van der Waals surface area contributed by atoms with Gasteiger partial charge in [0, 0.05) is 49.8 Å². The fraction of sp³-hybridized carbons (Fsp3) is 0.300. The zero-order valence-electron chi connectivity index (χ0n) is 14.6. The number of piperazine rings is 1. The first-order valence-corrected chi connectivity index (χ1v) is 9.85. The fourth-order valence-electron chi connectivity index (χ4n) is 3.88. The second-order valence-corrected chi connectivity index (χ2v) is 7.38. The van der Waals surface area contributed by atoms with Crippen LogP contribution in [0.3, 0.4) is 0 Å². The summed E-state index contributed by atoms with van der Waals surface area (Å²) in [7, 11) is 0. The third-order valence-corrected chi connectivity index (χ3v) is 5.89. The van der Waals surface area contributed by atoms with E-state index in [1.165, 1.54) is 33.9 Å². The van der Waals surface area contributed by atoms with Gasteiger partial charge in [-0.25, -0.2) is 0 Å². The van der Waals surface area contributed by atoms with E-state index in [9.17, 15) is 0 Å². The molecule has 0 amide bonds. The van der Waals surface area contributed by atoms with E-state index in [2.05, 4.69) is 66.1 Å². The molecular formula is C20H21N5S. The molecule has 0 unspecified atom stereocenters. The van der Waals surface area contributed by atoms with Gasteiger partial charge in [0.15, 0.2) is 0 Å². The van der Waals surface area contributed by atoms with E-state index in [0.717, 1.165) is 50.2 Å². The van der Waals surface area contributed by atoms with Crippen LogP contribution in [0.2, 0.25) is 0 Å². The minimum absolute atomic E-state index is 1.01. The molecule has 0 saturated carbocycles. The largest absolute Gasteiger partial charge is 0.367 e. The first-order valence-electron chi connectivity index (χ1n) is 9.12. The summed E-state index contributed by atoms with van der Waals surface area (Å²) in [5.74, 6) is 0. The van der Waals surface area contributed by atoms with Crippen molar-refractivity contribution in [3.63, 3.8) is 0 Å². The third kappa shape index (κ3) is 2.85. The van der Waals surface area contributed by atoms with Crippen molar-refractivity contribution < 1.29 is 0 Å². The Hall–Kier alpha value is -2.44. The van der Waals surface area contributed by atoms with E-state index in [1.54, 1.807) is 0 Å². The van der Waals surface area contributed by atoms with Crippen LogP contribution in [-0.2, 0) is 6.42 Å². The van der Waals surface area contributed by atoms with Crippen LogP contribution in [0.15, 0.2) is 48.7 Å². The Kier molecular flexibility index (Phi) is 4.07. The van der Waals surface area contributed by atoms with Crippen LogP contribution < -0.4 is 4.90 Å². The van der Waals surface area contributed by atoms with Gasteiger partial charge in [-0.05, 0) is 30.2 Å². The molecule has 0 aliphatic carbocycles. The number of fused-ring (bicyclic) bond motifs is 2. The van der Waals surface area contributed by atoms with E-state index in [0.29, 0.717) is 0 Å². The highest BCUT2D eigenvalue weighted by Crippen LogP contribution is 2.26. The van der Waals surface area contributed by atoms with Crippen molar-refractivity contribution in [3.05, 3.63) is 54.2 Å². The Morgan fingerprint density at radius 3 is 2.77 bits per heavy atom. The highest BCUT2D eigenvalue weighted by molar-refractivity contribution is 7.00. The first kappa shape index (κ1) is 15.8. The molecule has 5 rings (SSSR count). The molecule has 2 aromatic carbocycles. The molecule has 26 heavy (non-hydrogen) atoms. The predicted molar refractivity (Wildman–Crippen MR) is 108 cm³/mol. The molecule has 1 aliphatic heterocycles. The number of aromatic amines is 1. The molecule has 1 fully saturated rings. The lowest BCUT2D eigenvalue weighted by atomic mass is 10.1. The normalized spacial score (nSPS) is 15.9. The maximum atomic E-state index is 4.48. The minimum Gasteiger partial charge on any atom is -0.367 e. The van der Waals surface area contributed by atoms with Crippen LogP contribution in [0.4, 0.5) is 5.69 Å². The first-order chi connectivity index (χ1) is 12.9. The van der Waals surface area contributed by atoms with Gasteiger partial charge in [0.2, 0.25) is 0 Å². The quantitative estimate of drug-likeness (QED) is 0.602. The van der Waals surface area contributed by atoms with Crippen LogP contribution in [0.5, 0.6) is 0 Å². The summed E-state index contributed by atoms with van der Waals surface area (Å²) in [5, 5.41) is 1.36. The van der Waals surface area contributed by atoms with Gasteiger partial charge in [0.05, 0.1) is 17.4 Å². The molecule has 1 N–H and O–H groups in total.